The van der Waals surface area contributed by atoms with Gasteiger partial charge in [-0.2, -0.15) is 0 Å². The van der Waals surface area contributed by atoms with Crippen molar-refractivity contribution in [3.63, 3.8) is 0 Å². The van der Waals surface area contributed by atoms with Crippen molar-refractivity contribution in [3.05, 3.63) is 25.3 Å². The van der Waals surface area contributed by atoms with Crippen LogP contribution in [0.3, 0.4) is 0 Å². The number of carbonyl (C=O) groups excluding carboxylic acids is 2. The van der Waals surface area contributed by atoms with Gasteiger partial charge in [0.15, 0.2) is 0 Å². The Hall–Kier alpha value is -1.47. The molecule has 0 aromatic rings. The molecule has 0 radical (unpaired) electrons. The summed E-state index contributed by atoms with van der Waals surface area (Å²) in [6.07, 6.45) is 12.8. The average Bonchev–Trinajstić information content (AvgIpc) is 2.76. The van der Waals surface area contributed by atoms with E-state index in [-0.39, 0.29) is 25.4 Å². The molecular formula is C24H43O8P. The smallest absolute Gasteiger partial charge is 0.460 e. The molecule has 0 aliphatic heterocycles. The lowest BCUT2D eigenvalue weighted by Crippen LogP contribution is -2.12. The standard InChI is InChI=1S/C24H43O8P/c1-5-23(25)31-21(3)17-13-9-7-11-15-19-29-33(27,28)30-20-16-12-8-10-14-18-22(4)32-24(26)6-2/h5-6,21-22H,1-2,7-20H2,3-4H3,(H,27,28). The van der Waals surface area contributed by atoms with Crippen LogP contribution in [-0.2, 0) is 32.7 Å². The molecule has 0 aromatic carbocycles. The zero-order valence-corrected chi connectivity index (χ0v) is 21.3. The summed E-state index contributed by atoms with van der Waals surface area (Å²) in [6, 6.07) is 0. The fourth-order valence-corrected chi connectivity index (χ4v) is 3.93. The number of rotatable bonds is 22. The Morgan fingerprint density at radius 3 is 1.42 bits per heavy atom. The third-order valence-corrected chi connectivity index (χ3v) is 6.00. The Balaban J connectivity index is 3.55. The van der Waals surface area contributed by atoms with Crippen molar-refractivity contribution in [1.82, 2.24) is 0 Å². The fraction of sp³-hybridized carbons (Fsp3) is 0.750. The molecule has 8 nitrogen and oxygen atoms in total. The highest BCUT2D eigenvalue weighted by molar-refractivity contribution is 7.47. The van der Waals surface area contributed by atoms with Crippen LogP contribution < -0.4 is 0 Å². The van der Waals surface area contributed by atoms with Crippen LogP contribution in [0.2, 0.25) is 0 Å². The van der Waals surface area contributed by atoms with Crippen LogP contribution in [0.5, 0.6) is 0 Å². The van der Waals surface area contributed by atoms with Crippen molar-refractivity contribution >= 4 is 19.8 Å². The highest BCUT2D eigenvalue weighted by Crippen LogP contribution is 2.43. The number of phosphoric ester groups is 1. The Labute approximate surface area is 199 Å². The predicted molar refractivity (Wildman–Crippen MR) is 129 cm³/mol. The van der Waals surface area contributed by atoms with Crippen LogP contribution in [0.1, 0.15) is 90.9 Å². The zero-order chi connectivity index (χ0) is 25.0. The highest BCUT2D eigenvalue weighted by Gasteiger charge is 2.20. The number of ether oxygens (including phenoxy) is 2. The molecule has 0 heterocycles. The molecule has 0 amide bonds. The predicted octanol–water partition coefficient (Wildman–Crippen LogP) is 6.04. The normalized spacial score (nSPS) is 14.6. The summed E-state index contributed by atoms with van der Waals surface area (Å²) in [5, 5.41) is 0. The van der Waals surface area contributed by atoms with Crippen LogP contribution in [-0.4, -0.2) is 42.3 Å². The quantitative estimate of drug-likeness (QED) is 0.0847. The number of hydrogen-bond donors (Lipinski definition) is 1. The summed E-state index contributed by atoms with van der Waals surface area (Å²) in [7, 11) is -3.99. The van der Waals surface area contributed by atoms with Crippen LogP contribution in [0.4, 0.5) is 0 Å². The number of unbranched alkanes of at least 4 members (excludes halogenated alkanes) is 8. The molecule has 0 aromatic heterocycles. The van der Waals surface area contributed by atoms with E-state index in [4.69, 9.17) is 18.5 Å². The second-order valence-electron chi connectivity index (χ2n) is 8.15. The lowest BCUT2D eigenvalue weighted by Gasteiger charge is -2.13. The van der Waals surface area contributed by atoms with Crippen LogP contribution in [0.25, 0.3) is 0 Å². The third-order valence-electron chi connectivity index (χ3n) is 4.99. The molecule has 192 valence electrons. The van der Waals surface area contributed by atoms with Crippen LogP contribution in [0.15, 0.2) is 25.3 Å². The molecular weight excluding hydrogens is 447 g/mol. The largest absolute Gasteiger partial charge is 0.472 e. The van der Waals surface area contributed by atoms with E-state index >= 15 is 0 Å². The van der Waals surface area contributed by atoms with Gasteiger partial charge >= 0.3 is 19.8 Å². The van der Waals surface area contributed by atoms with Gasteiger partial charge in [0.25, 0.3) is 0 Å². The van der Waals surface area contributed by atoms with E-state index in [2.05, 4.69) is 13.2 Å². The van der Waals surface area contributed by atoms with E-state index < -0.39 is 19.8 Å². The molecule has 0 saturated heterocycles. The van der Waals surface area contributed by atoms with E-state index in [1.165, 1.54) is 0 Å². The first kappa shape index (κ1) is 31.5. The molecule has 0 aliphatic rings. The van der Waals surface area contributed by atoms with E-state index in [0.717, 1.165) is 76.4 Å². The van der Waals surface area contributed by atoms with E-state index in [1.54, 1.807) is 0 Å². The Morgan fingerprint density at radius 1 is 0.727 bits per heavy atom. The molecule has 0 aliphatic carbocycles. The molecule has 0 rings (SSSR count). The van der Waals surface area contributed by atoms with Crippen molar-refractivity contribution in [1.29, 1.82) is 0 Å². The number of carbonyl (C=O) groups is 2. The second kappa shape index (κ2) is 20.0. The maximum absolute atomic E-state index is 11.9. The Morgan fingerprint density at radius 2 is 1.06 bits per heavy atom. The minimum Gasteiger partial charge on any atom is -0.460 e. The van der Waals surface area contributed by atoms with Gasteiger partial charge in [0.05, 0.1) is 25.4 Å². The Kier molecular flexibility index (Phi) is 19.1. The molecule has 0 saturated carbocycles. The molecule has 33 heavy (non-hydrogen) atoms. The minimum absolute atomic E-state index is 0.117. The van der Waals surface area contributed by atoms with E-state index in [1.807, 2.05) is 13.8 Å². The van der Waals surface area contributed by atoms with Gasteiger partial charge in [-0.3, -0.25) is 9.05 Å². The average molecular weight is 491 g/mol. The van der Waals surface area contributed by atoms with Crippen molar-refractivity contribution < 1.29 is 37.6 Å². The number of phosphoric acid groups is 1. The molecule has 2 atom stereocenters. The van der Waals surface area contributed by atoms with Crippen molar-refractivity contribution in [2.45, 2.75) is 103 Å². The molecule has 0 fully saturated rings. The van der Waals surface area contributed by atoms with Gasteiger partial charge in [0, 0.05) is 12.2 Å². The van der Waals surface area contributed by atoms with Gasteiger partial charge in [-0.05, 0) is 52.4 Å². The third kappa shape index (κ3) is 20.8. The maximum atomic E-state index is 11.9. The second-order valence-corrected chi connectivity index (χ2v) is 9.60. The first-order chi connectivity index (χ1) is 15.7. The van der Waals surface area contributed by atoms with Gasteiger partial charge in [-0.15, -0.1) is 0 Å². The first-order valence-corrected chi connectivity index (χ1v) is 13.5. The van der Waals surface area contributed by atoms with Gasteiger partial charge in [-0.25, -0.2) is 14.2 Å². The topological polar surface area (TPSA) is 108 Å². The number of esters is 2. The van der Waals surface area contributed by atoms with Crippen molar-refractivity contribution in [3.8, 4) is 0 Å². The highest BCUT2D eigenvalue weighted by atomic mass is 31.2. The minimum atomic E-state index is -3.99. The molecule has 2 unspecified atom stereocenters. The van der Waals surface area contributed by atoms with Gasteiger partial charge in [0.1, 0.15) is 0 Å². The molecule has 1 N–H and O–H groups in total. The SMILES string of the molecule is C=CC(=O)OC(C)CCCCCCCOP(=O)(O)OCCCCCCCC(C)OC(=O)C=C. The van der Waals surface area contributed by atoms with Crippen molar-refractivity contribution in [2.75, 3.05) is 13.2 Å². The summed E-state index contributed by atoms with van der Waals surface area (Å²) < 4.78 is 32.1. The molecule has 0 spiro atoms. The summed E-state index contributed by atoms with van der Waals surface area (Å²) in [4.78, 5) is 31.9. The lowest BCUT2D eigenvalue weighted by atomic mass is 10.1. The Bertz CT molecular complexity index is 559. The molecule has 9 heteroatoms. The molecule has 0 bridgehead atoms. The van der Waals surface area contributed by atoms with Gasteiger partial charge < -0.3 is 14.4 Å². The summed E-state index contributed by atoms with van der Waals surface area (Å²) in [5.74, 6) is -0.795. The fourth-order valence-electron chi connectivity index (χ4n) is 3.14. The lowest BCUT2D eigenvalue weighted by molar-refractivity contribution is -0.143. The summed E-state index contributed by atoms with van der Waals surface area (Å²) in [6.45, 7) is 10.8. The zero-order valence-electron chi connectivity index (χ0n) is 20.4. The monoisotopic (exact) mass is 490 g/mol. The van der Waals surface area contributed by atoms with Gasteiger partial charge in [0.2, 0.25) is 0 Å². The summed E-state index contributed by atoms with van der Waals surface area (Å²) in [5.41, 5.74) is 0. The van der Waals surface area contributed by atoms with Gasteiger partial charge in [-0.1, -0.05) is 51.7 Å². The van der Waals surface area contributed by atoms with Crippen molar-refractivity contribution in [2.24, 2.45) is 0 Å². The first-order valence-electron chi connectivity index (χ1n) is 12.0. The summed E-state index contributed by atoms with van der Waals surface area (Å²) >= 11 is 0. The van der Waals surface area contributed by atoms with E-state index in [9.17, 15) is 19.0 Å². The number of hydrogen-bond acceptors (Lipinski definition) is 7. The van der Waals surface area contributed by atoms with Crippen LogP contribution in [0, 0.1) is 0 Å². The van der Waals surface area contributed by atoms with E-state index in [0.29, 0.717) is 12.8 Å². The maximum Gasteiger partial charge on any atom is 0.472 e. The van der Waals surface area contributed by atoms with Crippen LogP contribution >= 0.6 is 7.82 Å².